The van der Waals surface area contributed by atoms with Crippen LogP contribution in [0.1, 0.15) is 13.8 Å². The molecular formula is C20H31ClN4O. The number of amides is 1. The number of hydrogen-bond acceptors (Lipinski definition) is 4. The summed E-state index contributed by atoms with van der Waals surface area (Å²) in [6.45, 7) is 12.6. The highest BCUT2D eigenvalue weighted by Crippen LogP contribution is 2.24. The largest absolute Gasteiger partial charge is 0.368 e. The number of nitrogens with zero attached hydrogens (tertiary/aromatic N) is 4. The van der Waals surface area contributed by atoms with Gasteiger partial charge in [-0.15, -0.1) is 0 Å². The van der Waals surface area contributed by atoms with Crippen molar-refractivity contribution in [3.63, 3.8) is 0 Å². The molecule has 5 nitrogen and oxygen atoms in total. The van der Waals surface area contributed by atoms with Crippen molar-refractivity contribution in [2.45, 2.75) is 13.8 Å². The molecule has 3 rings (SSSR count). The van der Waals surface area contributed by atoms with Crippen LogP contribution in [0.3, 0.4) is 0 Å². The molecule has 144 valence electrons. The quantitative estimate of drug-likeness (QED) is 0.804. The number of halogens is 1. The van der Waals surface area contributed by atoms with E-state index in [9.17, 15) is 4.79 Å². The number of carbonyl (C=O) groups is 1. The van der Waals surface area contributed by atoms with Crippen LogP contribution in [0, 0.1) is 5.41 Å². The minimum absolute atomic E-state index is 0.284. The first-order valence-corrected chi connectivity index (χ1v) is 9.94. The molecule has 6 heteroatoms. The lowest BCUT2D eigenvalue weighted by molar-refractivity contribution is -0.142. The van der Waals surface area contributed by atoms with E-state index in [1.54, 1.807) is 0 Å². The maximum atomic E-state index is 13.1. The molecule has 2 heterocycles. The van der Waals surface area contributed by atoms with Gasteiger partial charge in [-0.25, -0.2) is 0 Å². The van der Waals surface area contributed by atoms with Crippen LogP contribution in [0.25, 0.3) is 0 Å². The molecule has 1 aromatic rings. The second kappa shape index (κ2) is 8.15. The van der Waals surface area contributed by atoms with Crippen molar-refractivity contribution in [2.75, 3.05) is 70.9 Å². The fourth-order valence-corrected chi connectivity index (χ4v) is 4.01. The van der Waals surface area contributed by atoms with Crippen LogP contribution in [-0.2, 0) is 4.79 Å². The second-order valence-electron chi connectivity index (χ2n) is 8.22. The number of carbonyl (C=O) groups excluding carboxylic acids is 1. The lowest BCUT2D eigenvalue weighted by Crippen LogP contribution is -2.55. The van der Waals surface area contributed by atoms with Crippen molar-refractivity contribution in [1.82, 2.24) is 14.7 Å². The van der Waals surface area contributed by atoms with Gasteiger partial charge in [0.2, 0.25) is 5.91 Å². The zero-order valence-corrected chi connectivity index (χ0v) is 17.0. The van der Waals surface area contributed by atoms with Gasteiger partial charge in [-0.2, -0.15) is 0 Å². The highest BCUT2D eigenvalue weighted by atomic mass is 35.5. The van der Waals surface area contributed by atoms with Gasteiger partial charge in [0.05, 0.1) is 5.41 Å². The number of likely N-dealkylation sites (N-methyl/N-ethyl adjacent to an activating group) is 1. The Labute approximate surface area is 162 Å². The summed E-state index contributed by atoms with van der Waals surface area (Å²) in [4.78, 5) is 22.3. The van der Waals surface area contributed by atoms with Gasteiger partial charge < -0.3 is 14.7 Å². The van der Waals surface area contributed by atoms with E-state index in [-0.39, 0.29) is 11.3 Å². The highest BCUT2D eigenvalue weighted by Gasteiger charge is 2.35. The Bertz CT molecular complexity index is 603. The molecular weight excluding hydrogens is 348 g/mol. The van der Waals surface area contributed by atoms with E-state index < -0.39 is 0 Å². The molecule has 1 amide bonds. The topological polar surface area (TPSA) is 30.0 Å². The predicted molar refractivity (Wildman–Crippen MR) is 108 cm³/mol. The van der Waals surface area contributed by atoms with Crippen molar-refractivity contribution >= 4 is 23.2 Å². The minimum Gasteiger partial charge on any atom is -0.368 e. The Morgan fingerprint density at radius 1 is 0.962 bits per heavy atom. The van der Waals surface area contributed by atoms with Gasteiger partial charge in [-0.3, -0.25) is 9.69 Å². The predicted octanol–water partition coefficient (Wildman–Crippen LogP) is 2.26. The summed E-state index contributed by atoms with van der Waals surface area (Å²) in [5.41, 5.74) is 0.844. The fourth-order valence-electron chi connectivity index (χ4n) is 3.88. The number of benzene rings is 1. The lowest BCUT2D eigenvalue weighted by Gasteiger charge is -2.42. The van der Waals surface area contributed by atoms with Crippen LogP contribution in [0.4, 0.5) is 5.69 Å². The molecule has 2 fully saturated rings. The summed E-state index contributed by atoms with van der Waals surface area (Å²) >= 11 is 5.98. The van der Waals surface area contributed by atoms with E-state index in [4.69, 9.17) is 11.6 Å². The van der Waals surface area contributed by atoms with Crippen LogP contribution < -0.4 is 4.90 Å². The van der Waals surface area contributed by atoms with Crippen LogP contribution in [0.5, 0.6) is 0 Å². The van der Waals surface area contributed by atoms with Crippen LogP contribution in [0.2, 0.25) is 5.02 Å². The molecule has 0 radical (unpaired) electrons. The molecule has 0 aromatic heterocycles. The lowest BCUT2D eigenvalue weighted by atomic mass is 9.90. The zero-order valence-electron chi connectivity index (χ0n) is 16.2. The number of anilines is 1. The average Bonchev–Trinajstić information content (AvgIpc) is 2.64. The van der Waals surface area contributed by atoms with Crippen molar-refractivity contribution in [2.24, 2.45) is 5.41 Å². The monoisotopic (exact) mass is 378 g/mol. The van der Waals surface area contributed by atoms with Gasteiger partial charge in [-0.05, 0) is 45.2 Å². The Morgan fingerprint density at radius 2 is 1.54 bits per heavy atom. The average molecular weight is 379 g/mol. The van der Waals surface area contributed by atoms with Gasteiger partial charge in [0, 0.05) is 69.6 Å². The molecule has 0 N–H and O–H groups in total. The molecule has 2 saturated heterocycles. The number of piperazine rings is 2. The Morgan fingerprint density at radius 3 is 2.12 bits per heavy atom. The molecule has 0 spiro atoms. The smallest absolute Gasteiger partial charge is 0.229 e. The first-order chi connectivity index (χ1) is 12.3. The molecule has 1 aromatic carbocycles. The maximum absolute atomic E-state index is 13.1. The van der Waals surface area contributed by atoms with E-state index in [1.807, 2.05) is 17.0 Å². The maximum Gasteiger partial charge on any atom is 0.229 e. The Hall–Kier alpha value is -1.30. The van der Waals surface area contributed by atoms with E-state index in [2.05, 4.69) is 47.7 Å². The summed E-state index contributed by atoms with van der Waals surface area (Å²) in [6.07, 6.45) is 0. The summed E-state index contributed by atoms with van der Waals surface area (Å²) in [7, 11) is 2.16. The van der Waals surface area contributed by atoms with Gasteiger partial charge in [-0.1, -0.05) is 11.6 Å². The third-order valence-corrected chi connectivity index (χ3v) is 5.80. The Kier molecular flexibility index (Phi) is 6.10. The van der Waals surface area contributed by atoms with Crippen molar-refractivity contribution < 1.29 is 4.79 Å². The van der Waals surface area contributed by atoms with Crippen molar-refractivity contribution in [3.05, 3.63) is 29.3 Å². The van der Waals surface area contributed by atoms with E-state index in [1.165, 1.54) is 5.69 Å². The molecule has 2 aliphatic heterocycles. The zero-order chi connectivity index (χ0) is 18.7. The third kappa shape index (κ3) is 4.70. The Balaban J connectivity index is 1.52. The standard InChI is InChI=1S/C20H31ClN4O/c1-20(2,16-23-10-8-22(3)9-11-23)19(26)25-14-12-24(13-15-25)18-6-4-17(21)5-7-18/h4-7H,8-16H2,1-3H3. The highest BCUT2D eigenvalue weighted by molar-refractivity contribution is 6.30. The molecule has 0 aliphatic carbocycles. The van der Waals surface area contributed by atoms with Crippen LogP contribution >= 0.6 is 11.6 Å². The van der Waals surface area contributed by atoms with Gasteiger partial charge in [0.25, 0.3) is 0 Å². The fraction of sp³-hybridized carbons (Fsp3) is 0.650. The first-order valence-electron chi connectivity index (χ1n) is 9.56. The van der Waals surface area contributed by atoms with Gasteiger partial charge >= 0.3 is 0 Å². The second-order valence-corrected chi connectivity index (χ2v) is 8.66. The summed E-state index contributed by atoms with van der Waals surface area (Å²) < 4.78 is 0. The number of rotatable bonds is 4. The molecule has 0 bridgehead atoms. The normalized spacial score (nSPS) is 20.5. The van der Waals surface area contributed by atoms with E-state index in [0.717, 1.165) is 63.9 Å². The van der Waals surface area contributed by atoms with Gasteiger partial charge in [0.15, 0.2) is 0 Å². The van der Waals surface area contributed by atoms with Crippen molar-refractivity contribution in [1.29, 1.82) is 0 Å². The van der Waals surface area contributed by atoms with E-state index >= 15 is 0 Å². The SMILES string of the molecule is CN1CCN(CC(C)(C)C(=O)N2CCN(c3ccc(Cl)cc3)CC2)CC1. The summed E-state index contributed by atoms with van der Waals surface area (Å²) in [5, 5.41) is 0.758. The molecule has 0 saturated carbocycles. The summed E-state index contributed by atoms with van der Waals surface area (Å²) in [6, 6.07) is 7.95. The molecule has 2 aliphatic rings. The molecule has 0 atom stereocenters. The summed E-state index contributed by atoms with van der Waals surface area (Å²) in [5.74, 6) is 0.284. The molecule has 0 unspecified atom stereocenters. The van der Waals surface area contributed by atoms with Crippen molar-refractivity contribution in [3.8, 4) is 0 Å². The van der Waals surface area contributed by atoms with Gasteiger partial charge in [0.1, 0.15) is 0 Å². The van der Waals surface area contributed by atoms with E-state index in [0.29, 0.717) is 0 Å². The third-order valence-electron chi connectivity index (χ3n) is 5.55. The number of hydrogen-bond donors (Lipinski definition) is 0. The first kappa shape index (κ1) is 19.5. The minimum atomic E-state index is -0.335. The van der Waals surface area contributed by atoms with Crippen LogP contribution in [0.15, 0.2) is 24.3 Å². The van der Waals surface area contributed by atoms with Crippen LogP contribution in [-0.4, -0.2) is 86.6 Å². The molecule has 26 heavy (non-hydrogen) atoms.